The summed E-state index contributed by atoms with van der Waals surface area (Å²) in [4.78, 5) is 0. The van der Waals surface area contributed by atoms with E-state index in [9.17, 15) is 13.2 Å². The summed E-state index contributed by atoms with van der Waals surface area (Å²) in [5.74, 6) is 0.898. The van der Waals surface area contributed by atoms with Gasteiger partial charge in [-0.1, -0.05) is 54.0 Å². The molecule has 0 aliphatic carbocycles. The van der Waals surface area contributed by atoms with Crippen LogP contribution in [0.2, 0.25) is 0 Å². The van der Waals surface area contributed by atoms with Crippen molar-refractivity contribution in [2.75, 3.05) is 11.5 Å². The zero-order valence-electron chi connectivity index (χ0n) is 16.7. The Balaban J connectivity index is 2.39. The van der Waals surface area contributed by atoms with Crippen LogP contribution in [-0.2, 0) is 0 Å². The molecule has 0 radical (unpaired) electrons. The predicted octanol–water partition coefficient (Wildman–Crippen LogP) is 6.60. The average Bonchev–Trinajstić information content (AvgIpc) is 2.61. The van der Waals surface area contributed by atoms with Crippen molar-refractivity contribution in [2.45, 2.75) is 59.2 Å². The Hall–Kier alpha value is -1.48. The molecule has 0 fully saturated rings. The summed E-state index contributed by atoms with van der Waals surface area (Å²) < 4.78 is 39.5. The third kappa shape index (κ3) is 5.75. The van der Waals surface area contributed by atoms with Gasteiger partial charge >= 0.3 is 6.18 Å². The highest BCUT2D eigenvalue weighted by molar-refractivity contribution is 7.43. The Morgan fingerprint density at radius 3 is 2.37 bits per heavy atom. The summed E-state index contributed by atoms with van der Waals surface area (Å²) in [6.07, 6.45) is -1.90. The molecule has 2 nitrogen and oxygen atoms in total. The second kappa shape index (κ2) is 9.14. The molecular formula is C21H30F3N2P. The minimum atomic E-state index is -4.27. The van der Waals surface area contributed by atoms with Crippen molar-refractivity contribution in [2.24, 2.45) is 5.92 Å². The second-order valence-corrected chi connectivity index (χ2v) is 8.70. The summed E-state index contributed by atoms with van der Waals surface area (Å²) in [5, 5.41) is 6.64. The Kier molecular flexibility index (Phi) is 7.39. The quantitative estimate of drug-likeness (QED) is 0.506. The highest BCUT2D eigenvalue weighted by Crippen LogP contribution is 2.41. The molecule has 1 aromatic rings. The van der Waals surface area contributed by atoms with Crippen molar-refractivity contribution in [3.05, 3.63) is 52.6 Å². The number of nitrogens with one attached hydrogen (secondary N) is 2. The lowest BCUT2D eigenvalue weighted by molar-refractivity contribution is -0.0909. The van der Waals surface area contributed by atoms with Crippen LogP contribution in [0.5, 0.6) is 0 Å². The standard InChI is InChI=1S/C21H30F3N2P/c1-6-14(4)15(5)17-9-7-8-10-18(17)26-20-19(25-13(2)3)11-16(12-27-20)21(22,23)24/h7-11,13-15,25-27H,6,12H2,1-5H3. The van der Waals surface area contributed by atoms with E-state index in [1.165, 1.54) is 11.6 Å². The van der Waals surface area contributed by atoms with E-state index in [0.29, 0.717) is 17.5 Å². The Bertz CT molecular complexity index is 708. The fourth-order valence-corrected chi connectivity index (χ4v) is 4.32. The minimum Gasteiger partial charge on any atom is -0.381 e. The van der Waals surface area contributed by atoms with E-state index in [0.717, 1.165) is 17.5 Å². The lowest BCUT2D eigenvalue weighted by atomic mass is 9.86. The normalized spacial score (nSPS) is 18.5. The Morgan fingerprint density at radius 1 is 1.11 bits per heavy atom. The van der Waals surface area contributed by atoms with Crippen LogP contribution in [0.15, 0.2) is 47.0 Å². The number of alkyl halides is 3. The highest BCUT2D eigenvalue weighted by atomic mass is 31.1. The van der Waals surface area contributed by atoms with Gasteiger partial charge in [0.25, 0.3) is 0 Å². The molecule has 2 rings (SSSR count). The van der Waals surface area contributed by atoms with Gasteiger partial charge in [-0.05, 0) is 43.4 Å². The molecule has 1 aromatic carbocycles. The van der Waals surface area contributed by atoms with Crippen molar-refractivity contribution in [3.63, 3.8) is 0 Å². The summed E-state index contributed by atoms with van der Waals surface area (Å²) in [6, 6.07) is 8.17. The van der Waals surface area contributed by atoms with Crippen LogP contribution >= 0.6 is 8.58 Å². The van der Waals surface area contributed by atoms with E-state index in [1.54, 1.807) is 0 Å². The fourth-order valence-electron chi connectivity index (χ4n) is 3.10. The van der Waals surface area contributed by atoms with Crippen LogP contribution in [0.4, 0.5) is 18.9 Å². The van der Waals surface area contributed by atoms with Gasteiger partial charge in [-0.15, -0.1) is 0 Å². The molecule has 0 amide bonds. The van der Waals surface area contributed by atoms with Crippen LogP contribution in [0, 0.1) is 5.92 Å². The molecule has 0 saturated carbocycles. The largest absolute Gasteiger partial charge is 0.413 e. The smallest absolute Gasteiger partial charge is 0.381 e. The average molecular weight is 398 g/mol. The first-order valence-corrected chi connectivity index (χ1v) is 10.7. The van der Waals surface area contributed by atoms with Crippen molar-refractivity contribution in [1.82, 2.24) is 5.32 Å². The minimum absolute atomic E-state index is 0.0260. The molecule has 27 heavy (non-hydrogen) atoms. The van der Waals surface area contributed by atoms with Crippen LogP contribution in [0.1, 0.15) is 52.5 Å². The number of hydrogen-bond acceptors (Lipinski definition) is 2. The second-order valence-electron chi connectivity index (χ2n) is 7.50. The number of anilines is 1. The van der Waals surface area contributed by atoms with Crippen molar-refractivity contribution in [1.29, 1.82) is 0 Å². The van der Waals surface area contributed by atoms with Gasteiger partial charge in [0.1, 0.15) is 0 Å². The zero-order chi connectivity index (χ0) is 20.2. The molecule has 3 unspecified atom stereocenters. The molecule has 0 bridgehead atoms. The predicted molar refractivity (Wildman–Crippen MR) is 111 cm³/mol. The maximum Gasteiger partial charge on any atom is 0.413 e. The van der Waals surface area contributed by atoms with E-state index in [4.69, 9.17) is 0 Å². The van der Waals surface area contributed by atoms with Crippen LogP contribution in [0.3, 0.4) is 0 Å². The SMILES string of the molecule is CCC(C)C(C)c1ccccc1NC1=C(NC(C)C)C=C(C(F)(F)F)CP1. The molecule has 0 spiro atoms. The zero-order valence-corrected chi connectivity index (χ0v) is 17.7. The van der Waals surface area contributed by atoms with Crippen molar-refractivity contribution >= 4 is 14.3 Å². The van der Waals surface area contributed by atoms with Gasteiger partial charge in [-0.3, -0.25) is 0 Å². The number of benzene rings is 1. The lowest BCUT2D eigenvalue weighted by Gasteiger charge is -2.27. The molecule has 150 valence electrons. The van der Waals surface area contributed by atoms with E-state index in [-0.39, 0.29) is 20.8 Å². The number of rotatable bonds is 7. The third-order valence-corrected chi connectivity index (χ3v) is 6.37. The molecular weight excluding hydrogens is 368 g/mol. The van der Waals surface area contributed by atoms with E-state index >= 15 is 0 Å². The fraction of sp³-hybridized carbons (Fsp3) is 0.524. The van der Waals surface area contributed by atoms with Crippen molar-refractivity contribution < 1.29 is 13.2 Å². The van der Waals surface area contributed by atoms with Crippen LogP contribution < -0.4 is 10.6 Å². The Morgan fingerprint density at radius 2 is 1.78 bits per heavy atom. The molecule has 1 heterocycles. The number of halogens is 3. The lowest BCUT2D eigenvalue weighted by Crippen LogP contribution is -2.27. The van der Waals surface area contributed by atoms with E-state index < -0.39 is 11.7 Å². The molecule has 3 atom stereocenters. The van der Waals surface area contributed by atoms with E-state index in [1.807, 2.05) is 32.0 Å². The first-order chi connectivity index (χ1) is 12.6. The van der Waals surface area contributed by atoms with Crippen LogP contribution in [0.25, 0.3) is 0 Å². The number of hydrogen-bond donors (Lipinski definition) is 2. The summed E-state index contributed by atoms with van der Waals surface area (Å²) >= 11 is 0. The van der Waals surface area contributed by atoms with Crippen LogP contribution in [-0.4, -0.2) is 18.4 Å². The summed E-state index contributed by atoms with van der Waals surface area (Å²) in [6.45, 7) is 10.5. The maximum atomic E-state index is 13.2. The first kappa shape index (κ1) is 21.8. The molecule has 0 aromatic heterocycles. The van der Waals surface area contributed by atoms with Gasteiger partial charge in [0.05, 0.1) is 11.1 Å². The first-order valence-electron chi connectivity index (χ1n) is 9.51. The van der Waals surface area contributed by atoms with Gasteiger partial charge in [0.2, 0.25) is 0 Å². The molecule has 1 aliphatic rings. The monoisotopic (exact) mass is 398 g/mol. The third-order valence-electron chi connectivity index (χ3n) is 5.06. The maximum absolute atomic E-state index is 13.2. The highest BCUT2D eigenvalue weighted by Gasteiger charge is 2.35. The van der Waals surface area contributed by atoms with Gasteiger partial charge in [-0.25, -0.2) is 0 Å². The van der Waals surface area contributed by atoms with E-state index in [2.05, 4.69) is 37.5 Å². The summed E-state index contributed by atoms with van der Waals surface area (Å²) in [5.41, 5.74) is 3.13. The number of allylic oxidation sites excluding steroid dienone is 2. The summed E-state index contributed by atoms with van der Waals surface area (Å²) in [7, 11) is 0.0545. The molecule has 6 heteroatoms. The number of para-hydroxylation sites is 1. The Labute approximate surface area is 162 Å². The molecule has 1 aliphatic heterocycles. The molecule has 0 saturated heterocycles. The van der Waals surface area contributed by atoms with Gasteiger partial charge in [0.15, 0.2) is 0 Å². The van der Waals surface area contributed by atoms with Gasteiger partial charge in [-0.2, -0.15) is 13.2 Å². The van der Waals surface area contributed by atoms with Crippen molar-refractivity contribution in [3.8, 4) is 0 Å². The van der Waals surface area contributed by atoms with Gasteiger partial charge < -0.3 is 10.6 Å². The molecule has 2 N–H and O–H groups in total. The topological polar surface area (TPSA) is 24.1 Å². The van der Waals surface area contributed by atoms with Gasteiger partial charge in [0, 0.05) is 23.5 Å².